The Labute approximate surface area is 343 Å². The largest absolute Gasteiger partial charge is 0.208 e. The minimum atomic E-state index is 0.295. The van der Waals surface area contributed by atoms with Gasteiger partial charge in [-0.3, -0.25) is 0 Å². The molecule has 2 saturated carbocycles. The van der Waals surface area contributed by atoms with Crippen LogP contribution in [-0.2, 0) is 5.41 Å². The summed E-state index contributed by atoms with van der Waals surface area (Å²) in [5.41, 5.74) is 9.65. The number of nitrogens with zero attached hydrogens (tertiary/aromatic N) is 6. The van der Waals surface area contributed by atoms with E-state index in [1.807, 2.05) is 78.9 Å². The van der Waals surface area contributed by atoms with Crippen LogP contribution in [0.15, 0.2) is 176 Å². The second-order valence-electron chi connectivity index (χ2n) is 16.0. The minimum absolute atomic E-state index is 0.295. The lowest BCUT2D eigenvalue weighted by Gasteiger charge is -2.27. The molecule has 0 atom stereocenters. The number of aromatic nitrogens is 6. The van der Waals surface area contributed by atoms with E-state index in [9.17, 15) is 0 Å². The Hall–Kier alpha value is -7.18. The molecule has 7 aromatic carbocycles. The first-order valence-corrected chi connectivity index (χ1v) is 20.6. The zero-order chi connectivity index (χ0) is 39.2. The molecule has 11 rings (SSSR count). The van der Waals surface area contributed by atoms with Crippen molar-refractivity contribution < 1.29 is 0 Å². The third-order valence-electron chi connectivity index (χ3n) is 12.4. The maximum absolute atomic E-state index is 5.20. The fourth-order valence-electron chi connectivity index (χ4n) is 9.44. The molecule has 0 unspecified atom stereocenters. The van der Waals surface area contributed by atoms with E-state index < -0.39 is 0 Å². The maximum atomic E-state index is 5.20. The third-order valence-corrected chi connectivity index (χ3v) is 12.4. The van der Waals surface area contributed by atoms with E-state index in [1.165, 1.54) is 37.7 Å². The predicted octanol–water partition coefficient (Wildman–Crippen LogP) is 12.7. The van der Waals surface area contributed by atoms with E-state index in [1.54, 1.807) is 0 Å². The standard InChI is InChI=1S/C53H40N6/c1-4-14-36(15-5-1)47-55-50(57-51(56-47)41-22-13-23-42(33-41)53-30-28-35(34-53)29-31-53)40-21-12-20-39(32-40)43-26-27-46(45-25-11-10-24-44(43)45)52-58-48(37-16-6-2-7-17-37)54-49(59-52)38-18-8-3-9-19-38/h1-27,32-33,35H,28-31,34H2. The second-order valence-corrected chi connectivity index (χ2v) is 16.0. The Morgan fingerprint density at radius 1 is 0.339 bits per heavy atom. The SMILES string of the molecule is c1ccc(-c2nc(-c3cccc(-c4ccc(-c5nc(-c6ccccc6)nc(-c6ccccc6)n5)c5ccccc45)c3)nc(-c3cccc(C45CCC(CC4)C5)c3)n2)cc1. The Bertz CT molecular complexity index is 2920. The predicted molar refractivity (Wildman–Crippen MR) is 237 cm³/mol. The van der Waals surface area contributed by atoms with Crippen LogP contribution in [0, 0.1) is 5.92 Å². The van der Waals surface area contributed by atoms with Crippen LogP contribution in [0.5, 0.6) is 0 Å². The van der Waals surface area contributed by atoms with Gasteiger partial charge in [-0.2, -0.15) is 0 Å². The molecule has 2 fully saturated rings. The van der Waals surface area contributed by atoms with Crippen LogP contribution in [0.2, 0.25) is 0 Å². The van der Waals surface area contributed by atoms with Gasteiger partial charge in [0.2, 0.25) is 0 Å². The molecule has 0 aliphatic heterocycles. The van der Waals surface area contributed by atoms with Crippen molar-refractivity contribution in [3.05, 3.63) is 181 Å². The Kier molecular flexibility index (Phi) is 8.69. The van der Waals surface area contributed by atoms with Crippen molar-refractivity contribution in [2.75, 3.05) is 0 Å². The lowest BCUT2D eigenvalue weighted by molar-refractivity contribution is 0.419. The molecule has 9 aromatic rings. The summed E-state index contributed by atoms with van der Waals surface area (Å²) in [5.74, 6) is 4.79. The average molecular weight is 761 g/mol. The average Bonchev–Trinajstić information content (AvgIpc) is 3.95. The topological polar surface area (TPSA) is 77.3 Å². The highest BCUT2D eigenvalue weighted by Gasteiger charge is 2.45. The Morgan fingerprint density at radius 2 is 0.746 bits per heavy atom. The number of hydrogen-bond donors (Lipinski definition) is 0. The van der Waals surface area contributed by atoms with Crippen LogP contribution >= 0.6 is 0 Å². The van der Waals surface area contributed by atoms with Gasteiger partial charge in [-0.15, -0.1) is 0 Å². The third kappa shape index (κ3) is 6.57. The maximum Gasteiger partial charge on any atom is 0.164 e. The lowest BCUT2D eigenvalue weighted by Crippen LogP contribution is -2.19. The van der Waals surface area contributed by atoms with E-state index in [2.05, 4.69) is 97.1 Å². The first kappa shape index (κ1) is 35.0. The van der Waals surface area contributed by atoms with Gasteiger partial charge < -0.3 is 0 Å². The summed E-state index contributed by atoms with van der Waals surface area (Å²) >= 11 is 0. The molecule has 59 heavy (non-hydrogen) atoms. The summed E-state index contributed by atoms with van der Waals surface area (Å²) in [6, 6.07) is 60.8. The smallest absolute Gasteiger partial charge is 0.164 e. The van der Waals surface area contributed by atoms with E-state index >= 15 is 0 Å². The van der Waals surface area contributed by atoms with E-state index in [-0.39, 0.29) is 0 Å². The Balaban J connectivity index is 1.02. The fourth-order valence-corrected chi connectivity index (χ4v) is 9.44. The van der Waals surface area contributed by atoms with Gasteiger partial charge in [0.15, 0.2) is 34.9 Å². The van der Waals surface area contributed by atoms with Crippen molar-refractivity contribution in [2.24, 2.45) is 5.92 Å². The molecule has 282 valence electrons. The molecule has 0 amide bonds. The van der Waals surface area contributed by atoms with Crippen LogP contribution in [0.25, 0.3) is 90.2 Å². The molecule has 2 aliphatic rings. The molecular weight excluding hydrogens is 721 g/mol. The van der Waals surface area contributed by atoms with Gasteiger partial charge in [0, 0.05) is 33.4 Å². The van der Waals surface area contributed by atoms with Gasteiger partial charge in [0.25, 0.3) is 0 Å². The van der Waals surface area contributed by atoms with Crippen molar-refractivity contribution in [3.63, 3.8) is 0 Å². The van der Waals surface area contributed by atoms with E-state index in [4.69, 9.17) is 29.9 Å². The molecule has 2 heterocycles. The molecule has 0 radical (unpaired) electrons. The summed E-state index contributed by atoms with van der Waals surface area (Å²) in [6.45, 7) is 0. The number of hydrogen-bond acceptors (Lipinski definition) is 6. The summed E-state index contributed by atoms with van der Waals surface area (Å²) in [7, 11) is 0. The summed E-state index contributed by atoms with van der Waals surface area (Å²) in [5, 5.41) is 2.16. The fraction of sp³-hybridized carbons (Fsp3) is 0.132. The number of benzene rings is 7. The monoisotopic (exact) mass is 760 g/mol. The van der Waals surface area contributed by atoms with Crippen LogP contribution in [0.1, 0.15) is 37.7 Å². The summed E-state index contributed by atoms with van der Waals surface area (Å²) < 4.78 is 0. The van der Waals surface area contributed by atoms with Crippen molar-refractivity contribution >= 4 is 10.8 Å². The highest BCUT2D eigenvalue weighted by Crippen LogP contribution is 2.55. The Morgan fingerprint density at radius 3 is 1.27 bits per heavy atom. The van der Waals surface area contributed by atoms with Crippen molar-refractivity contribution in [2.45, 2.75) is 37.5 Å². The van der Waals surface area contributed by atoms with Crippen LogP contribution in [0.3, 0.4) is 0 Å². The van der Waals surface area contributed by atoms with Crippen molar-refractivity contribution in [1.29, 1.82) is 0 Å². The van der Waals surface area contributed by atoms with E-state index in [0.717, 1.165) is 61.2 Å². The molecule has 2 bridgehead atoms. The molecule has 6 heteroatoms. The normalized spacial score (nSPS) is 17.1. The van der Waals surface area contributed by atoms with Gasteiger partial charge in [-0.25, -0.2) is 29.9 Å². The quantitative estimate of drug-likeness (QED) is 0.153. The molecule has 0 N–H and O–H groups in total. The molecule has 0 saturated heterocycles. The first-order valence-electron chi connectivity index (χ1n) is 20.6. The molecule has 2 aromatic heterocycles. The van der Waals surface area contributed by atoms with Crippen LogP contribution < -0.4 is 0 Å². The van der Waals surface area contributed by atoms with E-state index in [0.29, 0.717) is 40.4 Å². The molecule has 2 aliphatic carbocycles. The van der Waals surface area contributed by atoms with Crippen LogP contribution in [-0.4, -0.2) is 29.9 Å². The first-order chi connectivity index (χ1) is 29.2. The van der Waals surface area contributed by atoms with Crippen molar-refractivity contribution in [3.8, 4) is 79.5 Å². The van der Waals surface area contributed by atoms with Gasteiger partial charge in [0.05, 0.1) is 0 Å². The molecule has 0 spiro atoms. The zero-order valence-electron chi connectivity index (χ0n) is 32.5. The number of rotatable bonds is 8. The second kappa shape index (κ2) is 14.6. The minimum Gasteiger partial charge on any atom is -0.208 e. The van der Waals surface area contributed by atoms with Crippen molar-refractivity contribution in [1.82, 2.24) is 29.9 Å². The zero-order valence-corrected chi connectivity index (χ0v) is 32.5. The summed E-state index contributed by atoms with van der Waals surface area (Å²) in [4.78, 5) is 30.5. The molecule has 6 nitrogen and oxygen atoms in total. The van der Waals surface area contributed by atoms with Gasteiger partial charge in [-0.05, 0) is 89.1 Å². The lowest BCUT2D eigenvalue weighted by atomic mass is 9.77. The summed E-state index contributed by atoms with van der Waals surface area (Å²) in [6.07, 6.45) is 6.54. The van der Waals surface area contributed by atoms with Gasteiger partial charge in [0.1, 0.15) is 0 Å². The van der Waals surface area contributed by atoms with Gasteiger partial charge in [-0.1, -0.05) is 158 Å². The number of fused-ring (bicyclic) bond motifs is 3. The highest BCUT2D eigenvalue weighted by atomic mass is 15.0. The van der Waals surface area contributed by atoms with Gasteiger partial charge >= 0.3 is 0 Å². The molecular formula is C53H40N6. The van der Waals surface area contributed by atoms with Crippen LogP contribution in [0.4, 0.5) is 0 Å². The highest BCUT2D eigenvalue weighted by molar-refractivity contribution is 6.04.